The van der Waals surface area contributed by atoms with Crippen LogP contribution in [0.5, 0.6) is 0 Å². The summed E-state index contributed by atoms with van der Waals surface area (Å²) in [7, 11) is 0. The summed E-state index contributed by atoms with van der Waals surface area (Å²) in [6.45, 7) is 0. The Morgan fingerprint density at radius 1 is 0.857 bits per heavy atom. The van der Waals surface area contributed by atoms with Gasteiger partial charge in [0, 0.05) is 27.0 Å². The van der Waals surface area contributed by atoms with Crippen molar-refractivity contribution in [3.8, 4) is 0 Å². The molecule has 2 aliphatic heterocycles. The monoisotopic (exact) mass is 340 g/mol. The summed E-state index contributed by atoms with van der Waals surface area (Å²) in [5, 5.41) is 5.86. The van der Waals surface area contributed by atoms with Gasteiger partial charge in [-0.15, -0.1) is 0 Å². The predicted molar refractivity (Wildman–Crippen MR) is 84.1 cm³/mol. The molecule has 1 amide bonds. The molecule has 0 aliphatic carbocycles. The van der Waals surface area contributed by atoms with Gasteiger partial charge < -0.3 is 10.6 Å². The minimum Gasteiger partial charge on any atom is -0.351 e. The third-order valence-corrected chi connectivity index (χ3v) is 4.13. The van der Waals surface area contributed by atoms with Crippen molar-refractivity contribution in [1.29, 1.82) is 0 Å². The summed E-state index contributed by atoms with van der Waals surface area (Å²) in [6.07, 6.45) is 0. The van der Waals surface area contributed by atoms with Crippen molar-refractivity contribution < 1.29 is 9.59 Å². The number of halogens is 1. The van der Waals surface area contributed by atoms with Gasteiger partial charge in [-0.25, -0.2) is 0 Å². The molecule has 2 heterocycles. The molecule has 0 bridgehead atoms. The van der Waals surface area contributed by atoms with E-state index in [1.165, 1.54) is 0 Å². The fourth-order valence-electron chi connectivity index (χ4n) is 2.68. The zero-order chi connectivity index (χ0) is 14.6. The van der Waals surface area contributed by atoms with Gasteiger partial charge in [-0.05, 0) is 24.3 Å². The van der Waals surface area contributed by atoms with E-state index in [2.05, 4.69) is 26.6 Å². The van der Waals surface area contributed by atoms with Crippen molar-refractivity contribution in [2.24, 2.45) is 0 Å². The molecular weight excluding hydrogens is 332 g/mol. The van der Waals surface area contributed by atoms with Crippen molar-refractivity contribution in [3.05, 3.63) is 63.8 Å². The number of hydrogen-bond acceptors (Lipinski definition) is 3. The lowest BCUT2D eigenvalue weighted by molar-refractivity contribution is -0.110. The van der Waals surface area contributed by atoms with Gasteiger partial charge in [0.2, 0.25) is 5.78 Å². The zero-order valence-electron chi connectivity index (χ0n) is 10.7. The van der Waals surface area contributed by atoms with Crippen LogP contribution in [-0.2, 0) is 4.79 Å². The molecule has 0 radical (unpaired) electrons. The van der Waals surface area contributed by atoms with Crippen LogP contribution in [0.15, 0.2) is 52.6 Å². The third-order valence-electron chi connectivity index (χ3n) is 3.63. The summed E-state index contributed by atoms with van der Waals surface area (Å²) < 4.78 is 0.832. The summed E-state index contributed by atoms with van der Waals surface area (Å²) in [5.41, 5.74) is 3.53. The largest absolute Gasteiger partial charge is 0.351 e. The number of rotatable bonds is 0. The topological polar surface area (TPSA) is 58.2 Å². The number of carbonyl (C=O) groups excluding carboxylic acids is 2. The number of fused-ring (bicyclic) bond motifs is 2. The van der Waals surface area contributed by atoms with E-state index in [0.717, 1.165) is 21.4 Å². The predicted octanol–water partition coefficient (Wildman–Crippen LogP) is 3.42. The van der Waals surface area contributed by atoms with E-state index in [9.17, 15) is 9.59 Å². The number of amides is 1. The van der Waals surface area contributed by atoms with E-state index < -0.39 is 0 Å². The highest BCUT2D eigenvalue weighted by Crippen LogP contribution is 2.39. The molecule has 5 heteroatoms. The molecule has 0 fully saturated rings. The second-order valence-corrected chi connectivity index (χ2v) is 5.81. The van der Waals surface area contributed by atoms with E-state index in [1.54, 1.807) is 6.07 Å². The van der Waals surface area contributed by atoms with Gasteiger partial charge in [-0.2, -0.15) is 0 Å². The third kappa shape index (κ3) is 1.74. The molecule has 0 atom stereocenters. The molecule has 0 spiro atoms. The summed E-state index contributed by atoms with van der Waals surface area (Å²) in [6, 6.07) is 12.8. The van der Waals surface area contributed by atoms with Gasteiger partial charge in [0.05, 0.1) is 5.57 Å². The van der Waals surface area contributed by atoms with Crippen molar-refractivity contribution in [2.45, 2.75) is 0 Å². The quantitative estimate of drug-likeness (QED) is 0.722. The first-order valence-electron chi connectivity index (χ1n) is 6.41. The number of anilines is 2. The first-order valence-corrected chi connectivity index (χ1v) is 7.21. The first-order chi connectivity index (χ1) is 10.1. The maximum atomic E-state index is 12.6. The number of hydrogen-bond donors (Lipinski definition) is 2. The highest BCUT2D eigenvalue weighted by Gasteiger charge is 2.34. The van der Waals surface area contributed by atoms with Crippen LogP contribution in [-0.4, -0.2) is 11.7 Å². The lowest BCUT2D eigenvalue weighted by atomic mass is 10.0. The Balaban J connectivity index is 1.92. The molecule has 0 aromatic heterocycles. The van der Waals surface area contributed by atoms with Gasteiger partial charge in [0.15, 0.2) is 0 Å². The van der Waals surface area contributed by atoms with Crippen molar-refractivity contribution in [3.63, 3.8) is 0 Å². The Labute approximate surface area is 129 Å². The summed E-state index contributed by atoms with van der Waals surface area (Å²) in [5.74, 6) is -0.410. The maximum Gasteiger partial charge on any atom is 0.258 e. The molecule has 2 aromatic carbocycles. The standard InChI is InChI=1S/C16H9BrN2O2/c17-8-5-6-12-10(7-8)15(20)14(18-12)13-9-3-1-2-4-11(9)19-16(13)21/h1-7,18H,(H,19,21)/b14-13-. The smallest absolute Gasteiger partial charge is 0.258 e. The molecule has 0 saturated heterocycles. The number of nitrogens with one attached hydrogen (secondary N) is 2. The number of Topliss-reactive ketones (excluding diaryl/α,β-unsaturated/α-hetero) is 1. The lowest BCUT2D eigenvalue weighted by Crippen LogP contribution is -2.11. The number of ketones is 1. The minimum atomic E-state index is -0.251. The van der Waals surface area contributed by atoms with Crippen molar-refractivity contribution >= 4 is 44.6 Å². The van der Waals surface area contributed by atoms with Crippen LogP contribution in [0.2, 0.25) is 0 Å². The van der Waals surface area contributed by atoms with Crippen LogP contribution in [0.3, 0.4) is 0 Å². The molecule has 0 saturated carbocycles. The Kier molecular flexibility index (Phi) is 2.53. The fourth-order valence-corrected chi connectivity index (χ4v) is 3.04. The van der Waals surface area contributed by atoms with Crippen LogP contribution >= 0.6 is 15.9 Å². The van der Waals surface area contributed by atoms with E-state index in [-0.39, 0.29) is 11.7 Å². The molecule has 4 rings (SSSR count). The zero-order valence-corrected chi connectivity index (χ0v) is 12.3. The second kappa shape index (κ2) is 4.30. The summed E-state index contributed by atoms with van der Waals surface area (Å²) in [4.78, 5) is 24.8. The Bertz CT molecular complexity index is 855. The SMILES string of the molecule is O=C1Nc2ccccc2/C1=C1/Nc2ccc(Br)cc2C1=O. The van der Waals surface area contributed by atoms with Gasteiger partial charge >= 0.3 is 0 Å². The molecule has 2 aliphatic rings. The molecular formula is C16H9BrN2O2. The van der Waals surface area contributed by atoms with Crippen LogP contribution in [0.4, 0.5) is 11.4 Å². The Morgan fingerprint density at radius 3 is 2.48 bits per heavy atom. The van der Waals surface area contributed by atoms with Gasteiger partial charge in [-0.3, -0.25) is 9.59 Å². The van der Waals surface area contributed by atoms with Crippen LogP contribution < -0.4 is 10.6 Å². The molecule has 102 valence electrons. The lowest BCUT2D eigenvalue weighted by Gasteiger charge is -2.03. The van der Waals surface area contributed by atoms with Gasteiger partial charge in [0.25, 0.3) is 5.91 Å². The van der Waals surface area contributed by atoms with E-state index >= 15 is 0 Å². The maximum absolute atomic E-state index is 12.6. The number of para-hydroxylation sites is 1. The normalized spacial score (nSPS) is 19.1. The van der Waals surface area contributed by atoms with Crippen LogP contribution in [0.1, 0.15) is 15.9 Å². The number of allylic oxidation sites excluding steroid dienone is 1. The highest BCUT2D eigenvalue weighted by molar-refractivity contribution is 9.10. The Hall–Kier alpha value is -2.40. The van der Waals surface area contributed by atoms with E-state index in [0.29, 0.717) is 16.8 Å². The average Bonchev–Trinajstić information content (AvgIpc) is 2.96. The fraction of sp³-hybridized carbons (Fsp3) is 0. The molecule has 4 nitrogen and oxygen atoms in total. The second-order valence-electron chi connectivity index (χ2n) is 4.89. The van der Waals surface area contributed by atoms with Crippen molar-refractivity contribution in [1.82, 2.24) is 0 Å². The summed E-state index contributed by atoms with van der Waals surface area (Å²) >= 11 is 3.36. The minimum absolute atomic E-state index is 0.159. The average molecular weight is 341 g/mol. The molecule has 0 unspecified atom stereocenters. The molecule has 21 heavy (non-hydrogen) atoms. The molecule has 2 aromatic rings. The molecule has 2 N–H and O–H groups in total. The van der Waals surface area contributed by atoms with Gasteiger partial charge in [-0.1, -0.05) is 34.1 Å². The van der Waals surface area contributed by atoms with Crippen LogP contribution in [0.25, 0.3) is 5.57 Å². The highest BCUT2D eigenvalue weighted by atomic mass is 79.9. The number of carbonyl (C=O) groups is 2. The first kappa shape index (κ1) is 12.3. The van der Waals surface area contributed by atoms with Gasteiger partial charge in [0.1, 0.15) is 5.70 Å². The number of benzene rings is 2. The van der Waals surface area contributed by atoms with E-state index in [1.807, 2.05) is 36.4 Å². The van der Waals surface area contributed by atoms with E-state index in [4.69, 9.17) is 0 Å². The van der Waals surface area contributed by atoms with Crippen molar-refractivity contribution in [2.75, 3.05) is 10.6 Å². The Morgan fingerprint density at radius 2 is 1.62 bits per heavy atom. The van der Waals surface area contributed by atoms with Crippen LogP contribution in [0, 0.1) is 0 Å².